The highest BCUT2D eigenvalue weighted by Gasteiger charge is 2.35. The van der Waals surface area contributed by atoms with Gasteiger partial charge in [0.2, 0.25) is 0 Å². The van der Waals surface area contributed by atoms with Gasteiger partial charge in [0.15, 0.2) is 16.3 Å². The fourth-order valence-electron chi connectivity index (χ4n) is 5.49. The van der Waals surface area contributed by atoms with Crippen molar-refractivity contribution >= 4 is 41.0 Å². The van der Waals surface area contributed by atoms with Gasteiger partial charge in [0.05, 0.1) is 52.3 Å². The van der Waals surface area contributed by atoms with E-state index in [2.05, 4.69) is 4.99 Å². The van der Waals surface area contributed by atoms with Crippen LogP contribution in [-0.4, -0.2) is 42.4 Å². The predicted octanol–water partition coefficient (Wildman–Crippen LogP) is 6.39. The highest BCUT2D eigenvalue weighted by Crippen LogP contribution is 2.38. The van der Waals surface area contributed by atoms with Crippen molar-refractivity contribution in [3.05, 3.63) is 119 Å². The Morgan fingerprint density at radius 3 is 2.32 bits per heavy atom. The number of benzene rings is 3. The predicted molar refractivity (Wildman–Crippen MR) is 192 cm³/mol. The lowest BCUT2D eigenvalue weighted by molar-refractivity contribution is -0.139. The van der Waals surface area contributed by atoms with E-state index in [0.29, 0.717) is 62.2 Å². The Morgan fingerprint density at radius 1 is 0.940 bits per heavy atom. The van der Waals surface area contributed by atoms with Gasteiger partial charge in [-0.1, -0.05) is 53.3 Å². The molecule has 0 saturated carbocycles. The molecule has 0 N–H and O–H groups in total. The summed E-state index contributed by atoms with van der Waals surface area (Å²) in [6.45, 7) is 11.9. The van der Waals surface area contributed by atoms with Gasteiger partial charge in [0.25, 0.3) is 5.56 Å². The van der Waals surface area contributed by atoms with Crippen molar-refractivity contribution in [1.82, 2.24) is 4.57 Å². The van der Waals surface area contributed by atoms with E-state index in [0.717, 1.165) is 5.56 Å². The van der Waals surface area contributed by atoms with E-state index < -0.39 is 12.0 Å². The monoisotopic (exact) mass is 718 g/mol. The number of para-hydroxylation sites is 1. The van der Waals surface area contributed by atoms with Gasteiger partial charge in [0.1, 0.15) is 18.4 Å². The highest BCUT2D eigenvalue weighted by atomic mass is 35.5. The molecule has 1 atom stereocenters. The third kappa shape index (κ3) is 7.95. The molecule has 0 saturated heterocycles. The lowest BCUT2D eigenvalue weighted by Crippen LogP contribution is -2.40. The smallest absolute Gasteiger partial charge is 0.338 e. The number of esters is 2. The number of hydrogen-bond donors (Lipinski definition) is 0. The Bertz CT molecular complexity index is 2100. The van der Waals surface area contributed by atoms with Crippen molar-refractivity contribution in [3.8, 4) is 17.2 Å². The quantitative estimate of drug-likeness (QED) is 0.146. The van der Waals surface area contributed by atoms with Gasteiger partial charge in [-0.05, 0) is 89.1 Å². The summed E-state index contributed by atoms with van der Waals surface area (Å²) in [5.41, 5.74) is 2.90. The second-order valence-corrected chi connectivity index (χ2v) is 12.9. The van der Waals surface area contributed by atoms with Gasteiger partial charge < -0.3 is 23.7 Å². The molecule has 4 aromatic rings. The fraction of sp³-hybridized carbons (Fsp3) is 0.316. The number of allylic oxidation sites excluding steroid dienone is 1. The van der Waals surface area contributed by atoms with Crippen LogP contribution in [0.15, 0.2) is 81.7 Å². The first kappa shape index (κ1) is 36.4. The third-order valence-corrected chi connectivity index (χ3v) is 8.83. The molecule has 0 spiro atoms. The largest absolute Gasteiger partial charge is 0.491 e. The lowest BCUT2D eigenvalue weighted by Gasteiger charge is -2.26. The summed E-state index contributed by atoms with van der Waals surface area (Å²) in [5.74, 6) is 0.362. The summed E-state index contributed by atoms with van der Waals surface area (Å²) in [6, 6.07) is 16.9. The van der Waals surface area contributed by atoms with Crippen LogP contribution in [0.1, 0.15) is 74.6 Å². The summed E-state index contributed by atoms with van der Waals surface area (Å²) in [4.78, 5) is 44.7. The average Bonchev–Trinajstić information content (AvgIpc) is 3.38. The first-order valence-electron chi connectivity index (χ1n) is 16.4. The number of halogens is 1. The third-order valence-electron chi connectivity index (χ3n) is 7.57. The second-order valence-electron chi connectivity index (χ2n) is 11.5. The number of fused-ring (bicyclic) bond motifs is 1. The Kier molecular flexibility index (Phi) is 11.8. The molecule has 0 bridgehead atoms. The van der Waals surface area contributed by atoms with Crippen LogP contribution in [0.5, 0.6) is 17.2 Å². The molecule has 1 aliphatic heterocycles. The van der Waals surface area contributed by atoms with Crippen molar-refractivity contribution in [3.63, 3.8) is 0 Å². The van der Waals surface area contributed by atoms with E-state index in [9.17, 15) is 14.4 Å². The van der Waals surface area contributed by atoms with Gasteiger partial charge in [-0.15, -0.1) is 0 Å². The van der Waals surface area contributed by atoms with E-state index >= 15 is 0 Å². The number of nitrogens with zero attached hydrogens (tertiary/aromatic N) is 2. The maximum atomic E-state index is 14.2. The molecule has 12 heteroatoms. The van der Waals surface area contributed by atoms with Gasteiger partial charge in [-0.2, -0.15) is 0 Å². The Hall–Kier alpha value is -4.87. The summed E-state index contributed by atoms with van der Waals surface area (Å²) in [7, 11) is 0. The van der Waals surface area contributed by atoms with E-state index in [-0.39, 0.29) is 41.4 Å². The summed E-state index contributed by atoms with van der Waals surface area (Å²) >= 11 is 7.96. The molecule has 0 aliphatic carbocycles. The van der Waals surface area contributed by atoms with Crippen LogP contribution >= 0.6 is 22.9 Å². The summed E-state index contributed by atoms with van der Waals surface area (Å²) in [6.07, 6.45) is 1.57. The molecular weight excluding hydrogens is 680 g/mol. The van der Waals surface area contributed by atoms with Gasteiger partial charge in [-0.3, -0.25) is 9.36 Å². The molecular formula is C38H39ClN2O8S. The maximum absolute atomic E-state index is 14.2. The zero-order valence-electron chi connectivity index (χ0n) is 28.8. The molecule has 10 nitrogen and oxygen atoms in total. The minimum atomic E-state index is -0.827. The average molecular weight is 719 g/mol. The molecule has 0 unspecified atom stereocenters. The minimum absolute atomic E-state index is 0.142. The number of rotatable bonds is 13. The highest BCUT2D eigenvalue weighted by molar-refractivity contribution is 7.07. The van der Waals surface area contributed by atoms with E-state index in [1.54, 1.807) is 63.2 Å². The molecule has 5 rings (SSSR count). The molecule has 1 aromatic heterocycles. The first-order chi connectivity index (χ1) is 24.1. The normalized spacial score (nSPS) is 14.2. The van der Waals surface area contributed by atoms with Crippen LogP contribution in [-0.2, 0) is 20.9 Å². The fourth-order valence-corrected chi connectivity index (χ4v) is 6.81. The number of ether oxygens (including phenoxy) is 5. The minimum Gasteiger partial charge on any atom is -0.491 e. The lowest BCUT2D eigenvalue weighted by atomic mass is 9.95. The van der Waals surface area contributed by atoms with Crippen LogP contribution in [0.4, 0.5) is 0 Å². The van der Waals surface area contributed by atoms with Crippen LogP contribution in [0, 0.1) is 0 Å². The molecule has 0 fully saturated rings. The maximum Gasteiger partial charge on any atom is 0.338 e. The van der Waals surface area contributed by atoms with Crippen LogP contribution in [0.2, 0.25) is 5.02 Å². The van der Waals surface area contributed by atoms with Crippen molar-refractivity contribution in [2.24, 2.45) is 4.99 Å². The molecule has 2 heterocycles. The Labute approximate surface area is 299 Å². The van der Waals surface area contributed by atoms with Crippen LogP contribution in [0.3, 0.4) is 0 Å². The van der Waals surface area contributed by atoms with Gasteiger partial charge >= 0.3 is 11.9 Å². The molecule has 262 valence electrons. The van der Waals surface area contributed by atoms with E-state index in [4.69, 9.17) is 35.3 Å². The van der Waals surface area contributed by atoms with Crippen molar-refractivity contribution in [1.29, 1.82) is 0 Å². The van der Waals surface area contributed by atoms with Crippen molar-refractivity contribution in [2.45, 2.75) is 60.3 Å². The van der Waals surface area contributed by atoms with Crippen LogP contribution in [0.25, 0.3) is 6.08 Å². The number of carbonyl (C=O) groups excluding carboxylic acids is 2. The number of aromatic nitrogens is 1. The molecule has 0 radical (unpaired) electrons. The zero-order chi connectivity index (χ0) is 35.9. The summed E-state index contributed by atoms with van der Waals surface area (Å²) in [5, 5.41) is 0.288. The second kappa shape index (κ2) is 16.2. The SMILES string of the molecule is CCOC(=O)C1=C(C)N=c2s/c(=C\c3cc(Cl)c(OCc4ccc(C(=O)OCC)cc4)c(OCC)c3)c(=O)n2[C@@H]1c1ccccc1OC(C)C. The van der Waals surface area contributed by atoms with Crippen molar-refractivity contribution in [2.75, 3.05) is 19.8 Å². The Balaban J connectivity index is 1.54. The first-order valence-corrected chi connectivity index (χ1v) is 17.6. The van der Waals surface area contributed by atoms with E-state index in [1.807, 2.05) is 45.0 Å². The number of thiazole rings is 1. The molecule has 1 aliphatic rings. The Morgan fingerprint density at radius 2 is 1.64 bits per heavy atom. The van der Waals surface area contributed by atoms with E-state index in [1.165, 1.54) is 15.9 Å². The molecule has 3 aromatic carbocycles. The van der Waals surface area contributed by atoms with Gasteiger partial charge in [0, 0.05) is 5.56 Å². The molecule has 0 amide bonds. The van der Waals surface area contributed by atoms with Crippen molar-refractivity contribution < 1.29 is 33.3 Å². The van der Waals surface area contributed by atoms with Crippen LogP contribution < -0.4 is 29.1 Å². The zero-order valence-corrected chi connectivity index (χ0v) is 30.4. The van der Waals surface area contributed by atoms with Gasteiger partial charge in [-0.25, -0.2) is 14.6 Å². The number of carbonyl (C=O) groups is 2. The number of hydrogen-bond acceptors (Lipinski definition) is 10. The summed E-state index contributed by atoms with van der Waals surface area (Å²) < 4.78 is 30.5. The molecule has 50 heavy (non-hydrogen) atoms. The standard InChI is InChI=1S/C38H39ClN2O8S/c1-7-45-30-19-25(18-28(39)34(30)48-21-24-14-16-26(17-15-24)36(43)46-8-2)20-31-35(42)41-33(27-12-10-11-13-29(27)49-22(4)5)32(37(44)47-9-3)23(6)40-38(41)50-31/h10-20,22,33H,7-9,21H2,1-6H3/b31-20-/t33-/m1/s1. The topological polar surface area (TPSA) is 115 Å².